The van der Waals surface area contributed by atoms with E-state index in [1.54, 1.807) is 30.6 Å². The highest BCUT2D eigenvalue weighted by atomic mass is 32.2. The minimum Gasteiger partial charge on any atom is -0.495 e. The predicted molar refractivity (Wildman–Crippen MR) is 107 cm³/mol. The number of carbonyl (C=O) groups excluding carboxylic acids is 1. The van der Waals surface area contributed by atoms with Crippen molar-refractivity contribution in [2.45, 2.75) is 0 Å². The van der Waals surface area contributed by atoms with Crippen LogP contribution in [-0.2, 0) is 4.79 Å². The Bertz CT molecular complexity index is 1170. The maximum absolute atomic E-state index is 11.8. The van der Waals surface area contributed by atoms with Crippen LogP contribution in [-0.4, -0.2) is 22.3 Å². The van der Waals surface area contributed by atoms with Crippen LogP contribution in [0.2, 0.25) is 0 Å². The van der Waals surface area contributed by atoms with E-state index >= 15 is 0 Å². The van der Waals surface area contributed by atoms with E-state index in [-0.39, 0.29) is 5.91 Å². The molecule has 0 aliphatic carbocycles. The van der Waals surface area contributed by atoms with E-state index in [0.717, 1.165) is 16.5 Å². The molecule has 27 heavy (non-hydrogen) atoms. The molecule has 3 heterocycles. The van der Waals surface area contributed by atoms with Gasteiger partial charge in [0.05, 0.1) is 17.6 Å². The maximum Gasteiger partial charge on any atom is 0.263 e. The minimum atomic E-state index is -0.238. The molecule has 1 saturated heterocycles. The highest BCUT2D eigenvalue weighted by Gasteiger charge is 2.23. The molecule has 1 fully saturated rings. The van der Waals surface area contributed by atoms with Gasteiger partial charge in [-0.3, -0.25) is 9.78 Å². The van der Waals surface area contributed by atoms with Crippen LogP contribution in [0, 0.1) is 11.3 Å². The molecule has 1 aromatic carbocycles. The summed E-state index contributed by atoms with van der Waals surface area (Å²) in [6, 6.07) is 9.24. The van der Waals surface area contributed by atoms with Crippen molar-refractivity contribution in [3.05, 3.63) is 52.9 Å². The summed E-state index contributed by atoms with van der Waals surface area (Å²) < 4.78 is 11.6. The Kier molecular flexibility index (Phi) is 4.39. The van der Waals surface area contributed by atoms with Crippen molar-refractivity contribution in [3.8, 4) is 22.9 Å². The Morgan fingerprint density at radius 2 is 2.22 bits per heavy atom. The van der Waals surface area contributed by atoms with E-state index in [4.69, 9.17) is 21.4 Å². The molecular formula is C19H11N3O3S2. The van der Waals surface area contributed by atoms with Gasteiger partial charge < -0.3 is 14.5 Å². The summed E-state index contributed by atoms with van der Waals surface area (Å²) in [5.74, 6) is 0.791. The summed E-state index contributed by atoms with van der Waals surface area (Å²) in [6.45, 7) is 0. The summed E-state index contributed by atoms with van der Waals surface area (Å²) in [5, 5.41) is 12.7. The first-order valence-corrected chi connectivity index (χ1v) is 9.02. The zero-order valence-corrected chi connectivity index (χ0v) is 15.6. The quantitative estimate of drug-likeness (QED) is 0.534. The Balaban J connectivity index is 1.81. The van der Waals surface area contributed by atoms with Crippen LogP contribution in [0.25, 0.3) is 28.2 Å². The fraction of sp³-hybridized carbons (Fsp3) is 0.0526. The number of carbonyl (C=O) groups is 1. The molecule has 0 unspecified atom stereocenters. The zero-order chi connectivity index (χ0) is 19.0. The molecule has 6 nitrogen and oxygen atoms in total. The van der Waals surface area contributed by atoms with Crippen LogP contribution in [0.15, 0.2) is 46.0 Å². The number of amides is 1. The van der Waals surface area contributed by atoms with Gasteiger partial charge >= 0.3 is 0 Å². The molecule has 3 aromatic rings. The lowest BCUT2D eigenvalue weighted by atomic mass is 10.0. The summed E-state index contributed by atoms with van der Waals surface area (Å²) in [6.07, 6.45) is 5.02. The molecule has 1 aliphatic heterocycles. The highest BCUT2D eigenvalue weighted by molar-refractivity contribution is 8.26. The monoisotopic (exact) mass is 393 g/mol. The number of hydrogen-bond acceptors (Lipinski definition) is 7. The Labute approximate surface area is 163 Å². The summed E-state index contributed by atoms with van der Waals surface area (Å²) in [7, 11) is 1.52. The Morgan fingerprint density at radius 1 is 1.37 bits per heavy atom. The topological polar surface area (TPSA) is 88.2 Å². The molecule has 0 radical (unpaired) electrons. The maximum atomic E-state index is 11.8. The minimum absolute atomic E-state index is 0.238. The van der Waals surface area contributed by atoms with Crippen molar-refractivity contribution in [1.82, 2.24) is 10.3 Å². The number of thiocarbonyl (C=S) groups is 1. The summed E-state index contributed by atoms with van der Waals surface area (Å²) >= 11 is 6.19. The third-order valence-electron chi connectivity index (χ3n) is 3.99. The van der Waals surface area contributed by atoms with E-state index in [9.17, 15) is 10.1 Å². The van der Waals surface area contributed by atoms with E-state index in [0.29, 0.717) is 31.9 Å². The number of nitrogens with zero attached hydrogens (tertiary/aromatic N) is 2. The lowest BCUT2D eigenvalue weighted by Gasteiger charge is -2.06. The number of nitrogens with one attached hydrogen (secondary N) is 1. The van der Waals surface area contributed by atoms with Crippen LogP contribution < -0.4 is 10.1 Å². The lowest BCUT2D eigenvalue weighted by molar-refractivity contribution is -0.115. The van der Waals surface area contributed by atoms with Gasteiger partial charge in [-0.1, -0.05) is 30.0 Å². The fourth-order valence-corrected chi connectivity index (χ4v) is 3.80. The van der Waals surface area contributed by atoms with Gasteiger partial charge in [-0.05, 0) is 23.8 Å². The van der Waals surface area contributed by atoms with Gasteiger partial charge in [0.15, 0.2) is 0 Å². The van der Waals surface area contributed by atoms with Crippen molar-refractivity contribution >= 4 is 51.3 Å². The summed E-state index contributed by atoms with van der Waals surface area (Å²) in [5.41, 5.74) is 2.58. The van der Waals surface area contributed by atoms with Crippen LogP contribution in [0.3, 0.4) is 0 Å². The molecule has 0 saturated carbocycles. The number of aromatic nitrogens is 1. The first-order valence-electron chi connectivity index (χ1n) is 7.80. The molecule has 0 spiro atoms. The zero-order valence-electron chi connectivity index (χ0n) is 14.0. The SMILES string of the molecule is COc1ccc(-c2cncc3cc(C=C4SC(=S)NC4=O)oc23)cc1C#N. The van der Waals surface area contributed by atoms with Crippen molar-refractivity contribution in [1.29, 1.82) is 5.26 Å². The third kappa shape index (κ3) is 3.18. The largest absolute Gasteiger partial charge is 0.495 e. The predicted octanol–water partition coefficient (Wildman–Crippen LogP) is 3.86. The van der Waals surface area contributed by atoms with Gasteiger partial charge in [-0.25, -0.2) is 0 Å². The van der Waals surface area contributed by atoms with E-state index in [2.05, 4.69) is 16.4 Å². The number of ether oxygens (including phenoxy) is 1. The van der Waals surface area contributed by atoms with Gasteiger partial charge in [0.2, 0.25) is 0 Å². The van der Waals surface area contributed by atoms with Gasteiger partial charge in [0, 0.05) is 29.4 Å². The second-order valence-corrected chi connectivity index (χ2v) is 7.35. The average molecular weight is 393 g/mol. The number of fused-ring (bicyclic) bond motifs is 1. The lowest BCUT2D eigenvalue weighted by Crippen LogP contribution is -2.17. The summed E-state index contributed by atoms with van der Waals surface area (Å²) in [4.78, 5) is 16.6. The fourth-order valence-electron chi connectivity index (χ4n) is 2.77. The normalized spacial score (nSPS) is 15.2. The molecular weight excluding hydrogens is 382 g/mol. The van der Waals surface area contributed by atoms with E-state index in [1.165, 1.54) is 18.9 Å². The van der Waals surface area contributed by atoms with Crippen LogP contribution >= 0.6 is 24.0 Å². The standard InChI is InChI=1S/C19H11N3O3S2/c1-24-15-3-2-10(4-11(15)7-20)14-9-21-8-12-5-13(25-17(12)14)6-16-18(23)22-19(26)27-16/h2-6,8-9H,1H3,(H,22,23,26). The molecule has 0 atom stereocenters. The van der Waals surface area contributed by atoms with Crippen molar-refractivity contribution < 1.29 is 13.9 Å². The molecule has 2 aromatic heterocycles. The number of thioether (sulfide) groups is 1. The van der Waals surface area contributed by atoms with Gasteiger partial charge in [0.1, 0.15) is 27.5 Å². The number of nitriles is 1. The van der Waals surface area contributed by atoms with Crippen LogP contribution in [0.4, 0.5) is 0 Å². The smallest absolute Gasteiger partial charge is 0.263 e. The van der Waals surface area contributed by atoms with Crippen LogP contribution in [0.1, 0.15) is 11.3 Å². The van der Waals surface area contributed by atoms with Gasteiger partial charge in [-0.2, -0.15) is 5.26 Å². The molecule has 1 aliphatic rings. The van der Waals surface area contributed by atoms with Crippen molar-refractivity contribution in [3.63, 3.8) is 0 Å². The van der Waals surface area contributed by atoms with Gasteiger partial charge in [-0.15, -0.1) is 0 Å². The van der Waals surface area contributed by atoms with E-state index in [1.807, 2.05) is 12.1 Å². The number of hydrogen-bond donors (Lipinski definition) is 1. The van der Waals surface area contributed by atoms with Crippen molar-refractivity contribution in [2.24, 2.45) is 0 Å². The number of methoxy groups -OCH3 is 1. The molecule has 4 rings (SSSR count). The third-order valence-corrected chi connectivity index (χ3v) is 5.15. The molecule has 1 N–H and O–H groups in total. The molecule has 0 bridgehead atoms. The van der Waals surface area contributed by atoms with Crippen LogP contribution in [0.5, 0.6) is 5.75 Å². The first kappa shape index (κ1) is 17.3. The second kappa shape index (κ2) is 6.87. The number of benzene rings is 1. The second-order valence-electron chi connectivity index (χ2n) is 5.63. The first-order chi connectivity index (χ1) is 13.1. The molecule has 8 heteroatoms. The number of rotatable bonds is 3. The van der Waals surface area contributed by atoms with Gasteiger partial charge in [0.25, 0.3) is 5.91 Å². The number of pyridine rings is 1. The Hall–Kier alpha value is -3.15. The molecule has 1 amide bonds. The highest BCUT2D eigenvalue weighted by Crippen LogP contribution is 2.34. The Morgan fingerprint density at radius 3 is 2.93 bits per heavy atom. The average Bonchev–Trinajstić information content (AvgIpc) is 3.22. The van der Waals surface area contributed by atoms with Crippen molar-refractivity contribution in [2.75, 3.05) is 7.11 Å². The number of furan rings is 1. The van der Waals surface area contributed by atoms with E-state index < -0.39 is 0 Å². The molecule has 132 valence electrons.